The highest BCUT2D eigenvalue weighted by atomic mass is 16.4. The zero-order valence-corrected chi connectivity index (χ0v) is 6.81. The Morgan fingerprint density at radius 2 is 2.38 bits per heavy atom. The van der Waals surface area contributed by atoms with Gasteiger partial charge < -0.3 is 9.52 Å². The van der Waals surface area contributed by atoms with Crippen LogP contribution in [0.4, 0.5) is 0 Å². The standard InChI is InChI=1S/C8H6N2O3/c1-4-10-5-2-3-9-6(8(11)12)7(5)13-4/h2-3H,1H3,(H,11,12). The van der Waals surface area contributed by atoms with Crippen molar-refractivity contribution in [2.24, 2.45) is 0 Å². The van der Waals surface area contributed by atoms with Gasteiger partial charge >= 0.3 is 5.97 Å². The number of rotatable bonds is 1. The Labute approximate surface area is 73.0 Å². The van der Waals surface area contributed by atoms with Crippen LogP contribution < -0.4 is 0 Å². The Kier molecular flexibility index (Phi) is 1.51. The van der Waals surface area contributed by atoms with Crippen molar-refractivity contribution >= 4 is 17.1 Å². The second-order valence-corrected chi connectivity index (χ2v) is 2.55. The fraction of sp³-hybridized carbons (Fsp3) is 0.125. The van der Waals surface area contributed by atoms with Gasteiger partial charge in [-0.05, 0) is 6.07 Å². The second-order valence-electron chi connectivity index (χ2n) is 2.55. The van der Waals surface area contributed by atoms with Gasteiger partial charge in [0.2, 0.25) is 0 Å². The third-order valence-corrected chi connectivity index (χ3v) is 1.61. The molecule has 13 heavy (non-hydrogen) atoms. The van der Waals surface area contributed by atoms with Crippen LogP contribution in [0.25, 0.3) is 11.1 Å². The molecule has 0 saturated heterocycles. The van der Waals surface area contributed by atoms with Crippen molar-refractivity contribution in [2.45, 2.75) is 6.92 Å². The SMILES string of the molecule is Cc1nc2ccnc(C(=O)O)c2o1. The minimum absolute atomic E-state index is 0.0990. The average molecular weight is 178 g/mol. The molecule has 66 valence electrons. The lowest BCUT2D eigenvalue weighted by molar-refractivity contribution is 0.0691. The highest BCUT2D eigenvalue weighted by Crippen LogP contribution is 2.17. The van der Waals surface area contributed by atoms with Crippen LogP contribution in [-0.2, 0) is 0 Å². The molecule has 2 aromatic rings. The lowest BCUT2D eigenvalue weighted by Gasteiger charge is -1.91. The molecule has 0 aliphatic heterocycles. The molecule has 2 heterocycles. The molecular formula is C8H6N2O3. The van der Waals surface area contributed by atoms with E-state index < -0.39 is 5.97 Å². The molecule has 0 unspecified atom stereocenters. The van der Waals surface area contributed by atoms with Gasteiger partial charge in [-0.3, -0.25) is 0 Å². The monoisotopic (exact) mass is 178 g/mol. The molecule has 2 rings (SSSR count). The molecule has 0 atom stereocenters. The predicted molar refractivity (Wildman–Crippen MR) is 43.5 cm³/mol. The zero-order valence-electron chi connectivity index (χ0n) is 6.81. The number of hydrogen-bond donors (Lipinski definition) is 1. The fourth-order valence-electron chi connectivity index (χ4n) is 1.12. The number of nitrogens with zero attached hydrogens (tertiary/aromatic N) is 2. The molecule has 0 bridgehead atoms. The summed E-state index contributed by atoms with van der Waals surface area (Å²) in [7, 11) is 0. The quantitative estimate of drug-likeness (QED) is 0.710. The Balaban J connectivity index is 2.82. The van der Waals surface area contributed by atoms with Gasteiger partial charge in [-0.1, -0.05) is 0 Å². The summed E-state index contributed by atoms with van der Waals surface area (Å²) in [4.78, 5) is 18.3. The van der Waals surface area contributed by atoms with Crippen molar-refractivity contribution in [3.05, 3.63) is 23.8 Å². The molecule has 5 nitrogen and oxygen atoms in total. The van der Waals surface area contributed by atoms with E-state index >= 15 is 0 Å². The first-order chi connectivity index (χ1) is 6.18. The number of hydrogen-bond acceptors (Lipinski definition) is 4. The highest BCUT2D eigenvalue weighted by Gasteiger charge is 2.14. The third kappa shape index (κ3) is 1.14. The number of carboxylic acids is 1. The summed E-state index contributed by atoms with van der Waals surface area (Å²) in [6, 6.07) is 1.61. The van der Waals surface area contributed by atoms with E-state index in [2.05, 4.69) is 9.97 Å². The molecule has 0 spiro atoms. The average Bonchev–Trinajstić information content (AvgIpc) is 2.43. The number of pyridine rings is 1. The van der Waals surface area contributed by atoms with Crippen molar-refractivity contribution in [1.29, 1.82) is 0 Å². The van der Waals surface area contributed by atoms with Crippen LogP contribution >= 0.6 is 0 Å². The van der Waals surface area contributed by atoms with Crippen LogP contribution in [0.5, 0.6) is 0 Å². The molecule has 0 aliphatic rings. The van der Waals surface area contributed by atoms with E-state index in [1.54, 1.807) is 13.0 Å². The first-order valence-corrected chi connectivity index (χ1v) is 3.64. The van der Waals surface area contributed by atoms with Gasteiger partial charge in [-0.2, -0.15) is 0 Å². The number of fused-ring (bicyclic) bond motifs is 1. The smallest absolute Gasteiger partial charge is 0.358 e. The van der Waals surface area contributed by atoms with E-state index in [0.717, 1.165) is 0 Å². The Morgan fingerprint density at radius 1 is 1.62 bits per heavy atom. The summed E-state index contributed by atoms with van der Waals surface area (Å²) in [5.74, 6) is -0.674. The van der Waals surface area contributed by atoms with Crippen LogP contribution in [0, 0.1) is 6.92 Å². The molecule has 0 amide bonds. The van der Waals surface area contributed by atoms with Crippen molar-refractivity contribution in [3.63, 3.8) is 0 Å². The van der Waals surface area contributed by atoms with E-state index in [4.69, 9.17) is 9.52 Å². The van der Waals surface area contributed by atoms with Crippen LogP contribution in [0.15, 0.2) is 16.7 Å². The summed E-state index contributed by atoms with van der Waals surface area (Å²) >= 11 is 0. The van der Waals surface area contributed by atoms with E-state index in [1.807, 2.05) is 0 Å². The minimum Gasteiger partial charge on any atom is -0.476 e. The van der Waals surface area contributed by atoms with Crippen LogP contribution in [0.3, 0.4) is 0 Å². The third-order valence-electron chi connectivity index (χ3n) is 1.61. The van der Waals surface area contributed by atoms with Crippen LogP contribution in [0.2, 0.25) is 0 Å². The predicted octanol–water partition coefficient (Wildman–Crippen LogP) is 1.23. The Morgan fingerprint density at radius 3 is 3.08 bits per heavy atom. The molecule has 1 N–H and O–H groups in total. The topological polar surface area (TPSA) is 76.2 Å². The largest absolute Gasteiger partial charge is 0.476 e. The molecule has 0 aromatic carbocycles. The molecule has 0 fully saturated rings. The van der Waals surface area contributed by atoms with E-state index in [-0.39, 0.29) is 11.3 Å². The molecule has 0 radical (unpaired) electrons. The highest BCUT2D eigenvalue weighted by molar-refractivity contribution is 5.97. The van der Waals surface area contributed by atoms with Gasteiger partial charge in [0, 0.05) is 13.1 Å². The number of carbonyl (C=O) groups is 1. The summed E-state index contributed by atoms with van der Waals surface area (Å²) in [5, 5.41) is 8.74. The normalized spacial score (nSPS) is 10.5. The maximum absolute atomic E-state index is 10.7. The van der Waals surface area contributed by atoms with Crippen LogP contribution in [-0.4, -0.2) is 21.0 Å². The zero-order chi connectivity index (χ0) is 9.42. The summed E-state index contributed by atoms with van der Waals surface area (Å²) in [6.45, 7) is 1.66. The Bertz CT molecular complexity index is 475. The fourth-order valence-corrected chi connectivity index (χ4v) is 1.12. The molecule has 2 aromatic heterocycles. The molecule has 0 saturated carbocycles. The number of oxazole rings is 1. The van der Waals surface area contributed by atoms with E-state index in [0.29, 0.717) is 11.4 Å². The maximum Gasteiger partial charge on any atom is 0.358 e. The number of aryl methyl sites for hydroxylation is 1. The summed E-state index contributed by atoms with van der Waals surface area (Å²) in [6.07, 6.45) is 1.40. The summed E-state index contributed by atoms with van der Waals surface area (Å²) < 4.78 is 5.11. The minimum atomic E-state index is -1.11. The first-order valence-electron chi connectivity index (χ1n) is 3.64. The second kappa shape index (κ2) is 2.55. The lowest BCUT2D eigenvalue weighted by Crippen LogP contribution is -1.99. The van der Waals surface area contributed by atoms with Crippen molar-refractivity contribution in [2.75, 3.05) is 0 Å². The van der Waals surface area contributed by atoms with Crippen LogP contribution in [0.1, 0.15) is 16.4 Å². The van der Waals surface area contributed by atoms with Gasteiger partial charge in [0.05, 0.1) is 0 Å². The van der Waals surface area contributed by atoms with Gasteiger partial charge in [0.25, 0.3) is 0 Å². The van der Waals surface area contributed by atoms with Gasteiger partial charge in [-0.15, -0.1) is 0 Å². The number of carboxylic acid groups (broad SMARTS) is 1. The van der Waals surface area contributed by atoms with Gasteiger partial charge in [0.15, 0.2) is 17.2 Å². The van der Waals surface area contributed by atoms with Crippen molar-refractivity contribution in [3.8, 4) is 0 Å². The van der Waals surface area contributed by atoms with Crippen molar-refractivity contribution in [1.82, 2.24) is 9.97 Å². The first kappa shape index (κ1) is 7.72. The molecular weight excluding hydrogens is 172 g/mol. The molecule has 0 aliphatic carbocycles. The number of aromatic nitrogens is 2. The number of aromatic carboxylic acids is 1. The van der Waals surface area contributed by atoms with Gasteiger partial charge in [0.1, 0.15) is 5.52 Å². The lowest BCUT2D eigenvalue weighted by atomic mass is 10.3. The summed E-state index contributed by atoms with van der Waals surface area (Å²) in [5.41, 5.74) is 0.649. The van der Waals surface area contributed by atoms with Crippen molar-refractivity contribution < 1.29 is 14.3 Å². The van der Waals surface area contributed by atoms with E-state index in [1.165, 1.54) is 6.20 Å². The van der Waals surface area contributed by atoms with Gasteiger partial charge in [-0.25, -0.2) is 14.8 Å². The maximum atomic E-state index is 10.7. The Hall–Kier alpha value is -1.91. The molecule has 5 heteroatoms. The van der Waals surface area contributed by atoms with E-state index in [9.17, 15) is 4.79 Å².